The van der Waals surface area contributed by atoms with Crippen molar-refractivity contribution in [2.75, 3.05) is 0 Å². The average Bonchev–Trinajstić information content (AvgIpc) is 2.11. The van der Waals surface area contributed by atoms with Crippen molar-refractivity contribution in [2.24, 2.45) is 0 Å². The van der Waals surface area contributed by atoms with Crippen molar-refractivity contribution in [1.29, 1.82) is 0 Å². The molecule has 0 aromatic heterocycles. The Kier molecular flexibility index (Phi) is 3.94. The van der Waals surface area contributed by atoms with E-state index in [1.165, 1.54) is 5.57 Å². The molecule has 1 heteroatoms. The van der Waals surface area contributed by atoms with Crippen molar-refractivity contribution in [1.82, 2.24) is 0 Å². The summed E-state index contributed by atoms with van der Waals surface area (Å²) in [4.78, 5) is 11.5. The molecule has 0 heterocycles. The quantitative estimate of drug-likeness (QED) is 0.644. The normalized spacial score (nSPS) is 16.9. The van der Waals surface area contributed by atoms with Gasteiger partial charge in [-0.25, -0.2) is 0 Å². The zero-order valence-corrected chi connectivity index (χ0v) is 8.60. The first-order valence-electron chi connectivity index (χ1n) is 5.21. The van der Waals surface area contributed by atoms with Gasteiger partial charge in [-0.1, -0.05) is 38.3 Å². The SMILES string of the molecule is CCCC1=C(CCC)C(=O)C=CC1. The molecule has 72 valence electrons. The van der Waals surface area contributed by atoms with E-state index in [0.717, 1.165) is 37.7 Å². The second-order valence-electron chi connectivity index (χ2n) is 3.55. The summed E-state index contributed by atoms with van der Waals surface area (Å²) < 4.78 is 0. The monoisotopic (exact) mass is 178 g/mol. The van der Waals surface area contributed by atoms with E-state index < -0.39 is 0 Å². The lowest BCUT2D eigenvalue weighted by atomic mass is 9.90. The zero-order chi connectivity index (χ0) is 9.68. The molecule has 1 aliphatic rings. The highest BCUT2D eigenvalue weighted by molar-refractivity contribution is 6.05. The van der Waals surface area contributed by atoms with Gasteiger partial charge in [0.05, 0.1) is 0 Å². The standard InChI is InChI=1S/C12H18O/c1-3-6-10-8-5-9-12(13)11(10)7-4-2/h5,9H,3-4,6-8H2,1-2H3. The van der Waals surface area contributed by atoms with Crippen molar-refractivity contribution in [3.05, 3.63) is 23.3 Å². The number of hydrogen-bond acceptors (Lipinski definition) is 1. The molecule has 0 atom stereocenters. The van der Waals surface area contributed by atoms with E-state index in [1.54, 1.807) is 6.08 Å². The third-order valence-electron chi connectivity index (χ3n) is 2.41. The van der Waals surface area contributed by atoms with Gasteiger partial charge in [0.1, 0.15) is 0 Å². The summed E-state index contributed by atoms with van der Waals surface area (Å²) in [5.41, 5.74) is 2.46. The van der Waals surface area contributed by atoms with Crippen molar-refractivity contribution < 1.29 is 4.79 Å². The molecule has 0 spiro atoms. The third kappa shape index (κ3) is 2.55. The van der Waals surface area contributed by atoms with Gasteiger partial charge in [0.2, 0.25) is 0 Å². The Hall–Kier alpha value is -0.850. The molecule has 1 nitrogen and oxygen atoms in total. The van der Waals surface area contributed by atoms with Gasteiger partial charge in [-0.2, -0.15) is 0 Å². The van der Waals surface area contributed by atoms with Crippen LogP contribution in [0.25, 0.3) is 0 Å². The smallest absolute Gasteiger partial charge is 0.181 e. The average molecular weight is 178 g/mol. The minimum absolute atomic E-state index is 0.247. The van der Waals surface area contributed by atoms with E-state index in [2.05, 4.69) is 13.8 Å². The topological polar surface area (TPSA) is 17.1 Å². The molecular formula is C12H18O. The van der Waals surface area contributed by atoms with Crippen molar-refractivity contribution in [3.8, 4) is 0 Å². The Labute approximate surface area is 80.5 Å². The number of hydrogen-bond donors (Lipinski definition) is 0. The van der Waals surface area contributed by atoms with Crippen molar-refractivity contribution >= 4 is 5.78 Å². The number of carbonyl (C=O) groups excluding carboxylic acids is 1. The molecule has 0 bridgehead atoms. The number of carbonyl (C=O) groups is 1. The summed E-state index contributed by atoms with van der Waals surface area (Å²) in [7, 11) is 0. The molecule has 0 aromatic carbocycles. The highest BCUT2D eigenvalue weighted by Crippen LogP contribution is 2.24. The highest BCUT2D eigenvalue weighted by Gasteiger charge is 2.14. The summed E-state index contributed by atoms with van der Waals surface area (Å²) in [6.07, 6.45) is 8.97. The van der Waals surface area contributed by atoms with Crippen LogP contribution in [0, 0.1) is 0 Å². The highest BCUT2D eigenvalue weighted by atomic mass is 16.1. The summed E-state index contributed by atoms with van der Waals surface area (Å²) in [6, 6.07) is 0. The Morgan fingerprint density at radius 1 is 1.23 bits per heavy atom. The second-order valence-corrected chi connectivity index (χ2v) is 3.55. The molecule has 0 amide bonds. The summed E-state index contributed by atoms with van der Waals surface area (Å²) in [5, 5.41) is 0. The van der Waals surface area contributed by atoms with E-state index in [1.807, 2.05) is 6.08 Å². The molecule has 13 heavy (non-hydrogen) atoms. The summed E-state index contributed by atoms with van der Waals surface area (Å²) in [6.45, 7) is 4.29. The molecule has 0 saturated carbocycles. The van der Waals surface area contributed by atoms with Gasteiger partial charge in [0.15, 0.2) is 5.78 Å². The number of ketones is 1. The van der Waals surface area contributed by atoms with Crippen LogP contribution >= 0.6 is 0 Å². The predicted molar refractivity (Wildman–Crippen MR) is 55.6 cm³/mol. The lowest BCUT2D eigenvalue weighted by molar-refractivity contribution is -0.111. The molecule has 0 aliphatic heterocycles. The maximum Gasteiger partial charge on any atom is 0.181 e. The number of allylic oxidation sites excluding steroid dienone is 4. The van der Waals surface area contributed by atoms with Crippen LogP contribution in [0.2, 0.25) is 0 Å². The molecule has 1 aliphatic carbocycles. The van der Waals surface area contributed by atoms with Gasteiger partial charge in [-0.15, -0.1) is 0 Å². The molecule has 0 aromatic rings. The zero-order valence-electron chi connectivity index (χ0n) is 8.60. The molecule has 0 saturated heterocycles. The van der Waals surface area contributed by atoms with Crippen molar-refractivity contribution in [2.45, 2.75) is 46.0 Å². The van der Waals surface area contributed by atoms with Gasteiger partial charge in [0, 0.05) is 0 Å². The molecule has 0 fully saturated rings. The maximum absolute atomic E-state index is 11.5. The van der Waals surface area contributed by atoms with Gasteiger partial charge in [-0.3, -0.25) is 4.79 Å². The largest absolute Gasteiger partial charge is 0.290 e. The minimum atomic E-state index is 0.247. The van der Waals surface area contributed by atoms with Crippen LogP contribution < -0.4 is 0 Å². The Bertz CT molecular complexity index is 246. The minimum Gasteiger partial charge on any atom is -0.290 e. The van der Waals surface area contributed by atoms with E-state index in [-0.39, 0.29) is 5.78 Å². The first kappa shape index (κ1) is 10.2. The second kappa shape index (κ2) is 5.00. The van der Waals surface area contributed by atoms with Crippen LogP contribution in [0.1, 0.15) is 46.0 Å². The van der Waals surface area contributed by atoms with Crippen LogP contribution in [-0.4, -0.2) is 5.78 Å². The van der Waals surface area contributed by atoms with E-state index in [0.29, 0.717) is 0 Å². The Morgan fingerprint density at radius 2 is 1.92 bits per heavy atom. The molecular weight excluding hydrogens is 160 g/mol. The maximum atomic E-state index is 11.5. The Balaban J connectivity index is 2.79. The molecule has 1 rings (SSSR count). The number of rotatable bonds is 4. The van der Waals surface area contributed by atoms with E-state index in [9.17, 15) is 4.79 Å². The molecule has 0 radical (unpaired) electrons. The first-order chi connectivity index (χ1) is 6.29. The molecule has 0 unspecified atom stereocenters. The van der Waals surface area contributed by atoms with Crippen LogP contribution in [0.3, 0.4) is 0 Å². The fourth-order valence-electron chi connectivity index (χ4n) is 1.81. The predicted octanol–water partition coefficient (Wildman–Crippen LogP) is 3.41. The van der Waals surface area contributed by atoms with E-state index >= 15 is 0 Å². The fourth-order valence-corrected chi connectivity index (χ4v) is 1.81. The van der Waals surface area contributed by atoms with Crippen LogP contribution in [0.15, 0.2) is 23.3 Å². The fraction of sp³-hybridized carbons (Fsp3) is 0.583. The van der Waals surface area contributed by atoms with Crippen LogP contribution in [0.4, 0.5) is 0 Å². The summed E-state index contributed by atoms with van der Waals surface area (Å²) in [5.74, 6) is 0.247. The van der Waals surface area contributed by atoms with E-state index in [4.69, 9.17) is 0 Å². The van der Waals surface area contributed by atoms with Gasteiger partial charge in [-0.05, 0) is 30.9 Å². The third-order valence-corrected chi connectivity index (χ3v) is 2.41. The lowest BCUT2D eigenvalue weighted by Crippen LogP contribution is -2.07. The van der Waals surface area contributed by atoms with Gasteiger partial charge >= 0.3 is 0 Å². The first-order valence-corrected chi connectivity index (χ1v) is 5.21. The lowest BCUT2D eigenvalue weighted by Gasteiger charge is -2.14. The van der Waals surface area contributed by atoms with Crippen molar-refractivity contribution in [3.63, 3.8) is 0 Å². The molecule has 0 N–H and O–H groups in total. The van der Waals surface area contributed by atoms with Gasteiger partial charge in [0.25, 0.3) is 0 Å². The van der Waals surface area contributed by atoms with Gasteiger partial charge < -0.3 is 0 Å². The van der Waals surface area contributed by atoms with Crippen LogP contribution in [-0.2, 0) is 4.79 Å². The summed E-state index contributed by atoms with van der Waals surface area (Å²) >= 11 is 0. The Morgan fingerprint density at radius 3 is 2.54 bits per heavy atom. The van der Waals surface area contributed by atoms with Crippen LogP contribution in [0.5, 0.6) is 0 Å².